The van der Waals surface area contributed by atoms with Gasteiger partial charge in [-0.1, -0.05) is 35.9 Å². The number of nitrogens with two attached hydrogens (primary N) is 1. The van der Waals surface area contributed by atoms with Gasteiger partial charge in [0, 0.05) is 5.02 Å². The maximum atomic E-state index is 12.0. The second-order valence-corrected chi connectivity index (χ2v) is 3.41. The van der Waals surface area contributed by atoms with Crippen molar-refractivity contribution in [3.05, 3.63) is 40.9 Å². The standard InChI is InChI=1S/C10H9ClF3N/c11-8-4-1-7(2-5-8)3-6-9(15)10(12,13)14/h1-6,9H,15H2/t9-/m0/s1. The van der Waals surface area contributed by atoms with Crippen molar-refractivity contribution < 1.29 is 13.2 Å². The van der Waals surface area contributed by atoms with E-state index in [-0.39, 0.29) is 0 Å². The third kappa shape index (κ3) is 3.93. The summed E-state index contributed by atoms with van der Waals surface area (Å²) in [7, 11) is 0. The molecule has 82 valence electrons. The number of alkyl halides is 3. The van der Waals surface area contributed by atoms with Crippen LogP contribution in [0.2, 0.25) is 5.02 Å². The summed E-state index contributed by atoms with van der Waals surface area (Å²) in [6.45, 7) is 0. The van der Waals surface area contributed by atoms with Gasteiger partial charge in [-0.2, -0.15) is 13.2 Å². The molecule has 0 spiro atoms. The summed E-state index contributed by atoms with van der Waals surface area (Å²) in [5, 5.41) is 0.535. The Morgan fingerprint density at radius 2 is 1.73 bits per heavy atom. The maximum absolute atomic E-state index is 12.0. The molecule has 0 saturated carbocycles. The predicted molar refractivity (Wildman–Crippen MR) is 54.5 cm³/mol. The fraction of sp³-hybridized carbons (Fsp3) is 0.200. The number of rotatable bonds is 2. The second-order valence-electron chi connectivity index (χ2n) is 2.98. The van der Waals surface area contributed by atoms with Crippen molar-refractivity contribution in [3.8, 4) is 0 Å². The third-order valence-corrected chi connectivity index (χ3v) is 2.00. The Hall–Kier alpha value is -1.00. The van der Waals surface area contributed by atoms with Gasteiger partial charge >= 0.3 is 6.18 Å². The van der Waals surface area contributed by atoms with Gasteiger partial charge in [0.1, 0.15) is 6.04 Å². The first kappa shape index (κ1) is 12.1. The molecule has 1 aromatic carbocycles. The SMILES string of the molecule is N[C@@H](C=Cc1ccc(Cl)cc1)C(F)(F)F. The first-order chi connectivity index (χ1) is 6.89. The molecular weight excluding hydrogens is 227 g/mol. The van der Waals surface area contributed by atoms with Crippen LogP contribution >= 0.6 is 11.6 Å². The van der Waals surface area contributed by atoms with Gasteiger partial charge in [-0.25, -0.2) is 0 Å². The van der Waals surface area contributed by atoms with Crippen LogP contribution in [0.1, 0.15) is 5.56 Å². The Kier molecular flexibility index (Phi) is 3.77. The van der Waals surface area contributed by atoms with Crippen molar-refractivity contribution in [2.75, 3.05) is 0 Å². The molecule has 1 rings (SSSR count). The molecule has 1 aromatic rings. The first-order valence-electron chi connectivity index (χ1n) is 4.15. The molecule has 0 heterocycles. The van der Waals surface area contributed by atoms with E-state index in [0.29, 0.717) is 10.6 Å². The van der Waals surface area contributed by atoms with Gasteiger partial charge in [0.15, 0.2) is 0 Å². The molecule has 0 aromatic heterocycles. The molecule has 0 unspecified atom stereocenters. The molecule has 5 heteroatoms. The normalized spacial score (nSPS) is 14.5. The van der Waals surface area contributed by atoms with Gasteiger partial charge in [0.25, 0.3) is 0 Å². The van der Waals surface area contributed by atoms with Crippen LogP contribution in [0.25, 0.3) is 6.08 Å². The summed E-state index contributed by atoms with van der Waals surface area (Å²) in [5.41, 5.74) is 5.51. The molecule has 0 saturated heterocycles. The average molecular weight is 236 g/mol. The molecule has 15 heavy (non-hydrogen) atoms. The fourth-order valence-corrected chi connectivity index (χ4v) is 1.02. The minimum absolute atomic E-state index is 0.535. The van der Waals surface area contributed by atoms with Crippen molar-refractivity contribution in [1.82, 2.24) is 0 Å². The summed E-state index contributed by atoms with van der Waals surface area (Å²) >= 11 is 5.62. The van der Waals surface area contributed by atoms with Crippen LogP contribution in [0.5, 0.6) is 0 Å². The van der Waals surface area contributed by atoms with Crippen molar-refractivity contribution in [2.24, 2.45) is 5.73 Å². The zero-order chi connectivity index (χ0) is 11.5. The topological polar surface area (TPSA) is 26.0 Å². The van der Waals surface area contributed by atoms with Gasteiger partial charge in [-0.15, -0.1) is 0 Å². The van der Waals surface area contributed by atoms with Crippen LogP contribution in [0.15, 0.2) is 30.3 Å². The minimum atomic E-state index is -4.40. The first-order valence-corrected chi connectivity index (χ1v) is 4.53. The van der Waals surface area contributed by atoms with E-state index in [1.54, 1.807) is 24.3 Å². The van der Waals surface area contributed by atoms with Crippen LogP contribution in [0, 0.1) is 0 Å². The van der Waals surface area contributed by atoms with Gasteiger partial charge in [0.05, 0.1) is 0 Å². The lowest BCUT2D eigenvalue weighted by molar-refractivity contribution is -0.136. The van der Waals surface area contributed by atoms with Gasteiger partial charge in [0.2, 0.25) is 0 Å². The van der Waals surface area contributed by atoms with Gasteiger partial charge < -0.3 is 5.73 Å². The summed E-state index contributed by atoms with van der Waals surface area (Å²) in [6.07, 6.45) is -2.18. The third-order valence-electron chi connectivity index (χ3n) is 1.74. The molecule has 2 N–H and O–H groups in total. The molecule has 1 nitrogen and oxygen atoms in total. The molecule has 0 aliphatic carbocycles. The fourth-order valence-electron chi connectivity index (χ4n) is 0.898. The molecule has 0 amide bonds. The van der Waals surface area contributed by atoms with Crippen LogP contribution in [-0.2, 0) is 0 Å². The largest absolute Gasteiger partial charge is 0.407 e. The average Bonchev–Trinajstić information content (AvgIpc) is 2.15. The van der Waals surface area contributed by atoms with Crippen LogP contribution < -0.4 is 5.73 Å². The lowest BCUT2D eigenvalue weighted by Gasteiger charge is -2.10. The van der Waals surface area contributed by atoms with Gasteiger partial charge in [-0.3, -0.25) is 0 Å². The maximum Gasteiger partial charge on any atom is 0.407 e. The van der Waals surface area contributed by atoms with Crippen molar-refractivity contribution in [2.45, 2.75) is 12.2 Å². The molecule has 1 atom stereocenters. The van der Waals surface area contributed by atoms with E-state index in [0.717, 1.165) is 6.08 Å². The highest BCUT2D eigenvalue weighted by molar-refractivity contribution is 6.30. The highest BCUT2D eigenvalue weighted by Gasteiger charge is 2.34. The monoisotopic (exact) mass is 235 g/mol. The molecule has 0 aliphatic heterocycles. The highest BCUT2D eigenvalue weighted by Crippen LogP contribution is 2.20. The number of hydrogen-bond donors (Lipinski definition) is 1. The predicted octanol–water partition coefficient (Wildman–Crippen LogP) is 3.24. The Balaban J connectivity index is 2.70. The summed E-state index contributed by atoms with van der Waals surface area (Å²) in [4.78, 5) is 0. The summed E-state index contributed by atoms with van der Waals surface area (Å²) < 4.78 is 36.1. The van der Waals surface area contributed by atoms with Crippen LogP contribution in [-0.4, -0.2) is 12.2 Å². The van der Waals surface area contributed by atoms with E-state index in [1.165, 1.54) is 6.08 Å². The van der Waals surface area contributed by atoms with Crippen LogP contribution in [0.3, 0.4) is 0 Å². The Morgan fingerprint density at radius 1 is 1.20 bits per heavy atom. The number of benzene rings is 1. The smallest absolute Gasteiger partial charge is 0.317 e. The van der Waals surface area contributed by atoms with Crippen LogP contribution in [0.4, 0.5) is 13.2 Å². The number of hydrogen-bond acceptors (Lipinski definition) is 1. The Morgan fingerprint density at radius 3 is 2.20 bits per heavy atom. The van der Waals surface area contributed by atoms with E-state index in [9.17, 15) is 13.2 Å². The van der Waals surface area contributed by atoms with E-state index >= 15 is 0 Å². The van der Waals surface area contributed by atoms with Crippen molar-refractivity contribution in [3.63, 3.8) is 0 Å². The Bertz CT molecular complexity index is 343. The zero-order valence-corrected chi connectivity index (χ0v) is 8.39. The number of halogens is 4. The molecule has 0 aliphatic rings. The van der Waals surface area contributed by atoms with Gasteiger partial charge in [-0.05, 0) is 17.7 Å². The van der Waals surface area contributed by atoms with E-state index < -0.39 is 12.2 Å². The van der Waals surface area contributed by atoms with E-state index in [1.807, 2.05) is 0 Å². The van der Waals surface area contributed by atoms with Crippen molar-refractivity contribution >= 4 is 17.7 Å². The molecule has 0 radical (unpaired) electrons. The lowest BCUT2D eigenvalue weighted by atomic mass is 10.2. The minimum Gasteiger partial charge on any atom is -0.317 e. The summed E-state index contributed by atoms with van der Waals surface area (Å²) in [6, 6.07) is 4.48. The molecule has 0 fully saturated rings. The summed E-state index contributed by atoms with van der Waals surface area (Å²) in [5.74, 6) is 0. The lowest BCUT2D eigenvalue weighted by Crippen LogP contribution is -2.35. The molecular formula is C10H9ClF3N. The van der Waals surface area contributed by atoms with E-state index in [4.69, 9.17) is 17.3 Å². The zero-order valence-electron chi connectivity index (χ0n) is 7.63. The molecule has 0 bridgehead atoms. The second kappa shape index (κ2) is 4.68. The Labute approximate surface area is 90.3 Å². The highest BCUT2D eigenvalue weighted by atomic mass is 35.5. The van der Waals surface area contributed by atoms with Crippen molar-refractivity contribution in [1.29, 1.82) is 0 Å². The van der Waals surface area contributed by atoms with E-state index in [2.05, 4.69) is 0 Å². The quantitative estimate of drug-likeness (QED) is 0.837.